The molecule has 0 atom stereocenters. The van der Waals surface area contributed by atoms with Crippen LogP contribution < -0.4 is 5.32 Å². The van der Waals surface area contributed by atoms with Crippen molar-refractivity contribution in [2.24, 2.45) is 0 Å². The molecule has 0 aliphatic carbocycles. The predicted molar refractivity (Wildman–Crippen MR) is 81.8 cm³/mol. The Morgan fingerprint density at radius 2 is 1.59 bits per heavy atom. The molecule has 1 rings (SSSR count). The van der Waals surface area contributed by atoms with Gasteiger partial charge in [-0.3, -0.25) is 4.79 Å². The van der Waals surface area contributed by atoms with Gasteiger partial charge in [-0.25, -0.2) is 4.79 Å². The highest BCUT2D eigenvalue weighted by atomic mass is 16.5. The Hall–Kier alpha value is -1.92. The zero-order valence-electron chi connectivity index (χ0n) is 13.3. The fourth-order valence-electron chi connectivity index (χ4n) is 1.92. The normalized spacial score (nSPS) is 10.5. The lowest BCUT2D eigenvalue weighted by atomic mass is 10.0. The van der Waals surface area contributed by atoms with Gasteiger partial charge in [0.1, 0.15) is 13.2 Å². The number of amides is 1. The van der Waals surface area contributed by atoms with Gasteiger partial charge in [-0.15, -0.1) is 0 Å². The molecule has 0 saturated carbocycles. The van der Waals surface area contributed by atoms with Crippen molar-refractivity contribution in [3.63, 3.8) is 0 Å². The predicted octanol–water partition coefficient (Wildman–Crippen LogP) is 1.35. The minimum atomic E-state index is -1.03. The van der Waals surface area contributed by atoms with E-state index in [-0.39, 0.29) is 32.3 Å². The molecule has 0 unspecified atom stereocenters. The number of aryl methyl sites for hydroxylation is 2. The second-order valence-electron chi connectivity index (χ2n) is 5.13. The monoisotopic (exact) mass is 309 g/mol. The number of hydrogen-bond donors (Lipinski definition) is 2. The third-order valence-electron chi connectivity index (χ3n) is 3.31. The number of hydrogen-bond acceptors (Lipinski definition) is 4. The van der Waals surface area contributed by atoms with Gasteiger partial charge in [0.15, 0.2) is 0 Å². The smallest absolute Gasteiger partial charge is 0.329 e. The van der Waals surface area contributed by atoms with Gasteiger partial charge in [0.05, 0.1) is 13.2 Å². The Labute approximate surface area is 130 Å². The van der Waals surface area contributed by atoms with Crippen molar-refractivity contribution < 1.29 is 24.2 Å². The standard InChI is InChI=1S/C16H23NO5/c1-11-6-14(7-12(2)13(11)3)8-17-15(18)9-21-4-5-22-10-16(19)20/h6-7H,4-5,8-10H2,1-3H3,(H,17,18)(H,19,20). The van der Waals surface area contributed by atoms with Gasteiger partial charge < -0.3 is 19.9 Å². The number of rotatable bonds is 9. The molecule has 0 saturated heterocycles. The summed E-state index contributed by atoms with van der Waals surface area (Å²) in [5.41, 5.74) is 4.73. The minimum absolute atomic E-state index is 0.0692. The van der Waals surface area contributed by atoms with Gasteiger partial charge in [0.2, 0.25) is 5.91 Å². The van der Waals surface area contributed by atoms with Crippen LogP contribution in [0.3, 0.4) is 0 Å². The third kappa shape index (κ3) is 6.69. The van der Waals surface area contributed by atoms with Crippen LogP contribution in [0.15, 0.2) is 12.1 Å². The molecule has 0 bridgehead atoms. The summed E-state index contributed by atoms with van der Waals surface area (Å²) in [6, 6.07) is 4.12. The molecule has 2 N–H and O–H groups in total. The summed E-state index contributed by atoms with van der Waals surface area (Å²) >= 11 is 0. The Bertz CT molecular complexity index is 504. The maximum absolute atomic E-state index is 11.6. The zero-order chi connectivity index (χ0) is 16.5. The Morgan fingerprint density at radius 1 is 1.05 bits per heavy atom. The first-order valence-corrected chi connectivity index (χ1v) is 7.11. The van der Waals surface area contributed by atoms with E-state index in [1.165, 1.54) is 16.7 Å². The Morgan fingerprint density at radius 3 is 2.14 bits per heavy atom. The van der Waals surface area contributed by atoms with Gasteiger partial charge in [-0.05, 0) is 43.0 Å². The van der Waals surface area contributed by atoms with Crippen LogP contribution in [0.25, 0.3) is 0 Å². The number of nitrogens with one attached hydrogen (secondary N) is 1. The van der Waals surface area contributed by atoms with E-state index in [4.69, 9.17) is 14.6 Å². The van der Waals surface area contributed by atoms with E-state index in [0.717, 1.165) is 5.56 Å². The van der Waals surface area contributed by atoms with Crippen LogP contribution in [0.2, 0.25) is 0 Å². The van der Waals surface area contributed by atoms with E-state index in [1.54, 1.807) is 0 Å². The highest BCUT2D eigenvalue weighted by Gasteiger charge is 2.04. The second-order valence-corrected chi connectivity index (χ2v) is 5.13. The molecule has 1 aromatic carbocycles. The zero-order valence-corrected chi connectivity index (χ0v) is 13.3. The molecule has 122 valence electrons. The first kappa shape index (κ1) is 18.1. The Balaban J connectivity index is 2.22. The third-order valence-corrected chi connectivity index (χ3v) is 3.31. The molecule has 0 fully saturated rings. The molecule has 0 heterocycles. The molecular formula is C16H23NO5. The molecular weight excluding hydrogens is 286 g/mol. The van der Waals surface area contributed by atoms with Crippen LogP contribution in [0, 0.1) is 20.8 Å². The molecule has 0 spiro atoms. The quantitative estimate of drug-likeness (QED) is 0.673. The summed E-state index contributed by atoms with van der Waals surface area (Å²) in [4.78, 5) is 21.8. The lowest BCUT2D eigenvalue weighted by molar-refractivity contribution is -0.143. The summed E-state index contributed by atoms with van der Waals surface area (Å²) in [5, 5.41) is 11.1. The fourth-order valence-corrected chi connectivity index (χ4v) is 1.92. The summed E-state index contributed by atoms with van der Waals surface area (Å²) in [5.74, 6) is -1.24. The van der Waals surface area contributed by atoms with Gasteiger partial charge >= 0.3 is 5.97 Å². The molecule has 0 aliphatic rings. The average Bonchev–Trinajstić information content (AvgIpc) is 2.45. The van der Waals surface area contributed by atoms with Crippen molar-refractivity contribution in [3.8, 4) is 0 Å². The lowest BCUT2D eigenvalue weighted by Gasteiger charge is -2.10. The van der Waals surface area contributed by atoms with Gasteiger partial charge in [-0.1, -0.05) is 12.1 Å². The molecule has 6 nitrogen and oxygen atoms in total. The first-order valence-electron chi connectivity index (χ1n) is 7.11. The van der Waals surface area contributed by atoms with Crippen molar-refractivity contribution in [1.82, 2.24) is 5.32 Å². The van der Waals surface area contributed by atoms with E-state index in [0.29, 0.717) is 6.54 Å². The largest absolute Gasteiger partial charge is 0.480 e. The molecule has 0 radical (unpaired) electrons. The number of benzene rings is 1. The number of carboxylic acids is 1. The highest BCUT2D eigenvalue weighted by molar-refractivity contribution is 5.77. The summed E-state index contributed by atoms with van der Waals surface area (Å²) in [6.45, 7) is 6.54. The van der Waals surface area contributed by atoms with E-state index < -0.39 is 5.97 Å². The van der Waals surface area contributed by atoms with Crippen LogP contribution in [-0.2, 0) is 25.6 Å². The van der Waals surface area contributed by atoms with E-state index in [9.17, 15) is 9.59 Å². The highest BCUT2D eigenvalue weighted by Crippen LogP contribution is 2.15. The van der Waals surface area contributed by atoms with Crippen molar-refractivity contribution in [2.45, 2.75) is 27.3 Å². The van der Waals surface area contributed by atoms with Crippen LogP contribution in [0.4, 0.5) is 0 Å². The number of ether oxygens (including phenoxy) is 2. The Kier molecular flexibility index (Phi) is 7.56. The topological polar surface area (TPSA) is 84.9 Å². The molecule has 22 heavy (non-hydrogen) atoms. The fraction of sp³-hybridized carbons (Fsp3) is 0.500. The van der Waals surface area contributed by atoms with Gasteiger partial charge in [-0.2, -0.15) is 0 Å². The van der Waals surface area contributed by atoms with Crippen molar-refractivity contribution in [2.75, 3.05) is 26.4 Å². The molecule has 1 aromatic rings. The maximum Gasteiger partial charge on any atom is 0.329 e. The van der Waals surface area contributed by atoms with Crippen LogP contribution in [0.1, 0.15) is 22.3 Å². The molecule has 0 aliphatic heterocycles. The molecule has 1 amide bonds. The lowest BCUT2D eigenvalue weighted by Crippen LogP contribution is -2.28. The number of carboxylic acid groups (broad SMARTS) is 1. The minimum Gasteiger partial charge on any atom is -0.480 e. The van der Waals surface area contributed by atoms with E-state index in [1.807, 2.05) is 13.8 Å². The SMILES string of the molecule is Cc1cc(CNC(=O)COCCOCC(=O)O)cc(C)c1C. The van der Waals surface area contributed by atoms with Crippen molar-refractivity contribution in [3.05, 3.63) is 34.4 Å². The maximum atomic E-state index is 11.6. The number of carbonyl (C=O) groups is 2. The average molecular weight is 309 g/mol. The van der Waals surface area contributed by atoms with E-state index >= 15 is 0 Å². The van der Waals surface area contributed by atoms with Crippen LogP contribution in [0.5, 0.6) is 0 Å². The van der Waals surface area contributed by atoms with Crippen molar-refractivity contribution in [1.29, 1.82) is 0 Å². The van der Waals surface area contributed by atoms with Crippen molar-refractivity contribution >= 4 is 11.9 Å². The number of carbonyl (C=O) groups excluding carboxylic acids is 1. The molecule has 0 aromatic heterocycles. The summed E-state index contributed by atoms with van der Waals surface area (Å²) in [6.07, 6.45) is 0. The van der Waals surface area contributed by atoms with Crippen LogP contribution >= 0.6 is 0 Å². The van der Waals surface area contributed by atoms with Gasteiger partial charge in [0, 0.05) is 6.54 Å². The first-order chi connectivity index (χ1) is 10.4. The summed E-state index contributed by atoms with van der Waals surface area (Å²) in [7, 11) is 0. The van der Waals surface area contributed by atoms with Gasteiger partial charge in [0.25, 0.3) is 0 Å². The van der Waals surface area contributed by atoms with Crippen LogP contribution in [-0.4, -0.2) is 43.4 Å². The van der Waals surface area contributed by atoms with E-state index in [2.05, 4.69) is 24.4 Å². The second kappa shape index (κ2) is 9.17. The molecule has 6 heteroatoms. The summed E-state index contributed by atoms with van der Waals surface area (Å²) < 4.78 is 9.89. The number of aliphatic carboxylic acids is 1.